The maximum atomic E-state index is 11.7. The van der Waals surface area contributed by atoms with Crippen molar-refractivity contribution in [2.75, 3.05) is 26.2 Å². The van der Waals surface area contributed by atoms with Crippen LogP contribution >= 0.6 is 0 Å². The first-order chi connectivity index (χ1) is 10.0. The summed E-state index contributed by atoms with van der Waals surface area (Å²) in [5, 5.41) is 6.02. The average molecular weight is 295 g/mol. The van der Waals surface area contributed by atoms with E-state index < -0.39 is 0 Å². The van der Waals surface area contributed by atoms with E-state index in [1.165, 1.54) is 45.3 Å². The van der Waals surface area contributed by atoms with Gasteiger partial charge < -0.3 is 15.5 Å². The molecule has 2 aliphatic rings. The van der Waals surface area contributed by atoms with Gasteiger partial charge in [-0.1, -0.05) is 13.8 Å². The van der Waals surface area contributed by atoms with Gasteiger partial charge >= 0.3 is 6.03 Å². The molecule has 0 aromatic heterocycles. The molecular formula is C17H33N3O. The molecule has 0 radical (unpaired) electrons. The number of rotatable bonds is 7. The van der Waals surface area contributed by atoms with Gasteiger partial charge in [0.15, 0.2) is 0 Å². The highest BCUT2D eigenvalue weighted by Gasteiger charge is 2.28. The van der Waals surface area contributed by atoms with E-state index in [4.69, 9.17) is 0 Å². The molecule has 2 fully saturated rings. The SMILES string of the molecule is CC1CC(C)CN(CCCCNC(=O)NC(C)C2CC2)C1. The summed E-state index contributed by atoms with van der Waals surface area (Å²) >= 11 is 0. The Morgan fingerprint density at radius 1 is 1.19 bits per heavy atom. The second kappa shape index (κ2) is 8.02. The highest BCUT2D eigenvalue weighted by Crippen LogP contribution is 2.32. The van der Waals surface area contributed by atoms with Crippen LogP contribution in [0.4, 0.5) is 4.79 Å². The van der Waals surface area contributed by atoms with Gasteiger partial charge in [-0.3, -0.25) is 0 Å². The van der Waals surface area contributed by atoms with Crippen LogP contribution in [0.2, 0.25) is 0 Å². The van der Waals surface area contributed by atoms with Crippen molar-refractivity contribution >= 4 is 6.03 Å². The largest absolute Gasteiger partial charge is 0.338 e. The number of unbranched alkanes of at least 4 members (excludes halogenated alkanes) is 1. The third-order valence-electron chi connectivity index (χ3n) is 4.82. The Morgan fingerprint density at radius 3 is 2.48 bits per heavy atom. The van der Waals surface area contributed by atoms with Crippen LogP contribution in [0.25, 0.3) is 0 Å². The van der Waals surface area contributed by atoms with Crippen LogP contribution in [0, 0.1) is 17.8 Å². The Labute approximate surface area is 130 Å². The molecule has 122 valence electrons. The summed E-state index contributed by atoms with van der Waals surface area (Å²) in [6, 6.07) is 0.343. The second-order valence-electron chi connectivity index (χ2n) is 7.44. The fraction of sp³-hybridized carbons (Fsp3) is 0.941. The number of carbonyl (C=O) groups is 1. The average Bonchev–Trinajstić information content (AvgIpc) is 3.21. The van der Waals surface area contributed by atoms with Crippen molar-refractivity contribution in [2.24, 2.45) is 17.8 Å². The Morgan fingerprint density at radius 2 is 1.86 bits per heavy atom. The molecule has 21 heavy (non-hydrogen) atoms. The molecule has 2 N–H and O–H groups in total. The Balaban J connectivity index is 1.48. The van der Waals surface area contributed by atoms with E-state index in [0.29, 0.717) is 6.04 Å². The molecule has 0 aromatic rings. The van der Waals surface area contributed by atoms with Crippen LogP contribution in [-0.4, -0.2) is 43.2 Å². The first-order valence-corrected chi connectivity index (χ1v) is 8.81. The summed E-state index contributed by atoms with van der Waals surface area (Å²) in [5.41, 5.74) is 0. The molecule has 3 unspecified atom stereocenters. The number of nitrogens with one attached hydrogen (secondary N) is 2. The van der Waals surface area contributed by atoms with Crippen LogP contribution in [0.15, 0.2) is 0 Å². The highest BCUT2D eigenvalue weighted by atomic mass is 16.2. The van der Waals surface area contributed by atoms with Gasteiger partial charge in [0, 0.05) is 25.7 Å². The summed E-state index contributed by atoms with van der Waals surface area (Å²) < 4.78 is 0. The maximum absolute atomic E-state index is 11.7. The lowest BCUT2D eigenvalue weighted by Gasteiger charge is -2.34. The van der Waals surface area contributed by atoms with Gasteiger partial charge in [-0.05, 0) is 63.3 Å². The zero-order valence-electron chi connectivity index (χ0n) is 14.0. The molecule has 4 nitrogen and oxygen atoms in total. The number of urea groups is 1. The molecule has 1 saturated carbocycles. The minimum atomic E-state index is 0.00890. The number of carbonyl (C=O) groups excluding carboxylic acids is 1. The number of amides is 2. The lowest BCUT2D eigenvalue weighted by atomic mass is 9.92. The number of likely N-dealkylation sites (tertiary alicyclic amines) is 1. The molecular weight excluding hydrogens is 262 g/mol. The minimum absolute atomic E-state index is 0.00890. The molecule has 1 aliphatic heterocycles. The summed E-state index contributed by atoms with van der Waals surface area (Å²) in [6.45, 7) is 11.3. The van der Waals surface area contributed by atoms with Crippen molar-refractivity contribution in [3.05, 3.63) is 0 Å². The topological polar surface area (TPSA) is 44.4 Å². The lowest BCUT2D eigenvalue weighted by Crippen LogP contribution is -2.42. The predicted molar refractivity (Wildman–Crippen MR) is 87.3 cm³/mol. The molecule has 1 heterocycles. The Hall–Kier alpha value is -0.770. The molecule has 1 aliphatic carbocycles. The minimum Gasteiger partial charge on any atom is -0.338 e. The lowest BCUT2D eigenvalue weighted by molar-refractivity contribution is 0.139. The molecule has 4 heteroatoms. The van der Waals surface area contributed by atoms with Gasteiger partial charge in [0.25, 0.3) is 0 Å². The van der Waals surface area contributed by atoms with Gasteiger partial charge in [0.1, 0.15) is 0 Å². The van der Waals surface area contributed by atoms with Crippen LogP contribution < -0.4 is 10.6 Å². The number of piperidine rings is 1. The molecule has 0 spiro atoms. The number of hydrogen-bond donors (Lipinski definition) is 2. The van der Waals surface area contributed by atoms with Crippen molar-refractivity contribution in [1.82, 2.24) is 15.5 Å². The fourth-order valence-corrected chi connectivity index (χ4v) is 3.61. The van der Waals surface area contributed by atoms with Crippen molar-refractivity contribution in [3.8, 4) is 0 Å². The molecule has 3 atom stereocenters. The van der Waals surface area contributed by atoms with E-state index >= 15 is 0 Å². The smallest absolute Gasteiger partial charge is 0.315 e. The normalized spacial score (nSPS) is 28.1. The van der Waals surface area contributed by atoms with Crippen molar-refractivity contribution in [3.63, 3.8) is 0 Å². The fourth-order valence-electron chi connectivity index (χ4n) is 3.61. The van der Waals surface area contributed by atoms with Gasteiger partial charge in [0.2, 0.25) is 0 Å². The molecule has 1 saturated heterocycles. The summed E-state index contributed by atoms with van der Waals surface area (Å²) in [5.74, 6) is 2.39. The molecule has 0 aromatic carbocycles. The highest BCUT2D eigenvalue weighted by molar-refractivity contribution is 5.74. The van der Waals surface area contributed by atoms with E-state index in [0.717, 1.165) is 30.7 Å². The summed E-state index contributed by atoms with van der Waals surface area (Å²) in [4.78, 5) is 14.3. The summed E-state index contributed by atoms with van der Waals surface area (Å²) in [7, 11) is 0. The molecule has 0 bridgehead atoms. The van der Waals surface area contributed by atoms with Crippen molar-refractivity contribution < 1.29 is 4.79 Å². The van der Waals surface area contributed by atoms with Gasteiger partial charge in [-0.25, -0.2) is 4.79 Å². The van der Waals surface area contributed by atoms with E-state index in [2.05, 4.69) is 36.3 Å². The Bertz CT molecular complexity index is 320. The van der Waals surface area contributed by atoms with Gasteiger partial charge in [-0.2, -0.15) is 0 Å². The standard InChI is InChI=1S/C17H33N3O/c1-13-10-14(2)12-20(11-13)9-5-4-8-18-17(21)19-15(3)16-6-7-16/h13-16H,4-12H2,1-3H3,(H2,18,19,21). The first kappa shape index (κ1) is 16.6. The van der Waals surface area contributed by atoms with Crippen molar-refractivity contribution in [1.29, 1.82) is 0 Å². The number of nitrogens with zero attached hydrogens (tertiary/aromatic N) is 1. The van der Waals surface area contributed by atoms with E-state index in [9.17, 15) is 4.79 Å². The third-order valence-corrected chi connectivity index (χ3v) is 4.82. The quantitative estimate of drug-likeness (QED) is 0.709. The second-order valence-corrected chi connectivity index (χ2v) is 7.44. The Kier molecular flexibility index (Phi) is 6.34. The molecule has 2 rings (SSSR count). The third kappa shape index (κ3) is 6.25. The van der Waals surface area contributed by atoms with E-state index in [-0.39, 0.29) is 6.03 Å². The van der Waals surface area contributed by atoms with Gasteiger partial charge in [0.05, 0.1) is 0 Å². The predicted octanol–water partition coefficient (Wildman–Crippen LogP) is 2.84. The van der Waals surface area contributed by atoms with E-state index in [1.54, 1.807) is 0 Å². The van der Waals surface area contributed by atoms with Crippen LogP contribution in [-0.2, 0) is 0 Å². The first-order valence-electron chi connectivity index (χ1n) is 8.81. The van der Waals surface area contributed by atoms with Crippen LogP contribution in [0.1, 0.15) is 52.9 Å². The summed E-state index contributed by atoms with van der Waals surface area (Å²) in [6.07, 6.45) is 6.17. The number of hydrogen-bond acceptors (Lipinski definition) is 2. The maximum Gasteiger partial charge on any atom is 0.315 e. The zero-order valence-corrected chi connectivity index (χ0v) is 14.0. The van der Waals surface area contributed by atoms with Crippen LogP contribution in [0.3, 0.4) is 0 Å². The van der Waals surface area contributed by atoms with Crippen molar-refractivity contribution in [2.45, 2.75) is 58.9 Å². The zero-order chi connectivity index (χ0) is 15.2. The van der Waals surface area contributed by atoms with Crippen LogP contribution in [0.5, 0.6) is 0 Å². The molecule has 2 amide bonds. The van der Waals surface area contributed by atoms with Gasteiger partial charge in [-0.15, -0.1) is 0 Å². The monoisotopic (exact) mass is 295 g/mol. The van der Waals surface area contributed by atoms with E-state index in [1.807, 2.05) is 0 Å².